The van der Waals surface area contributed by atoms with Crippen molar-refractivity contribution in [1.82, 2.24) is 0 Å². The molecular formula is C52H74O12. The molecule has 3 aliphatic carbocycles. The van der Waals surface area contributed by atoms with Gasteiger partial charge in [-0.3, -0.25) is 9.59 Å². The second kappa shape index (κ2) is 21.9. The minimum atomic E-state index is -2.24. The Morgan fingerprint density at radius 2 is 1.44 bits per heavy atom. The van der Waals surface area contributed by atoms with Crippen molar-refractivity contribution < 1.29 is 58.2 Å². The zero-order chi connectivity index (χ0) is 46.9. The number of rotatable bonds is 21. The number of hydrogen-bond donors (Lipinski definition) is 3. The zero-order valence-corrected chi connectivity index (χ0v) is 39.3. The van der Waals surface area contributed by atoms with Crippen molar-refractivity contribution in [2.75, 3.05) is 13.2 Å². The van der Waals surface area contributed by atoms with Crippen LogP contribution in [0, 0.1) is 46.3 Å². The number of carbonyl (C=O) groups excluding carboxylic acids is 4. The number of aliphatic hydroxyl groups excluding tert-OH is 1. The van der Waals surface area contributed by atoms with Crippen molar-refractivity contribution in [1.29, 1.82) is 0 Å². The van der Waals surface area contributed by atoms with Crippen LogP contribution < -0.4 is 0 Å². The van der Waals surface area contributed by atoms with Gasteiger partial charge in [0.2, 0.25) is 6.10 Å². The van der Waals surface area contributed by atoms with Gasteiger partial charge in [0, 0.05) is 22.7 Å². The zero-order valence-electron chi connectivity index (χ0n) is 39.3. The monoisotopic (exact) mass is 891 g/mol. The highest BCUT2D eigenvalue weighted by Gasteiger charge is 2.84. The predicted octanol–water partition coefficient (Wildman–Crippen LogP) is 8.76. The fraction of sp³-hybridized carbons (Fsp3) is 0.654. The summed E-state index contributed by atoms with van der Waals surface area (Å²) in [5.41, 5.74) is -3.41. The summed E-state index contributed by atoms with van der Waals surface area (Å²) >= 11 is 0. The molecule has 5 aliphatic rings. The van der Waals surface area contributed by atoms with Crippen molar-refractivity contribution in [3.8, 4) is 0 Å². The van der Waals surface area contributed by atoms with Crippen molar-refractivity contribution >= 4 is 23.9 Å². The van der Waals surface area contributed by atoms with Gasteiger partial charge in [0.25, 0.3) is 0 Å². The van der Waals surface area contributed by atoms with Crippen LogP contribution in [0.25, 0.3) is 0 Å². The molecule has 2 saturated heterocycles. The van der Waals surface area contributed by atoms with Crippen LogP contribution in [0.5, 0.6) is 0 Å². The molecule has 12 nitrogen and oxygen atoms in total. The molecule has 1 spiro atoms. The molecule has 2 aliphatic heterocycles. The van der Waals surface area contributed by atoms with Gasteiger partial charge < -0.3 is 39.0 Å². The molecular weight excluding hydrogens is 817 g/mol. The van der Waals surface area contributed by atoms with E-state index in [9.17, 15) is 34.5 Å². The SMILES string of the molecule is CC/C=C\C/C=C\C/C=C\C/C=C\C/C=C\C/C=C\CCCOC(=O)O[C@@H]1C(=O)C=C(C)[C@@H]2C[C@H]3OC(=O)C(OC(=O)CC(O)(C(C)C)C(C)C)C4[C@@H](C)[C@@H](O)[C@@]5(O)OC[C@@]43C5[C@@]12C. The maximum atomic E-state index is 14.0. The Bertz CT molecular complexity index is 1860. The molecule has 12 heteroatoms. The molecule has 0 aromatic carbocycles. The molecule has 0 amide bonds. The molecule has 3 N–H and O–H groups in total. The second-order valence-electron chi connectivity index (χ2n) is 19.3. The van der Waals surface area contributed by atoms with Gasteiger partial charge in [-0.1, -0.05) is 127 Å². The first-order valence-corrected chi connectivity index (χ1v) is 23.5. The van der Waals surface area contributed by atoms with Gasteiger partial charge in [-0.25, -0.2) is 9.59 Å². The molecule has 5 rings (SSSR count). The van der Waals surface area contributed by atoms with Gasteiger partial charge in [0.05, 0.1) is 25.2 Å². The number of fused-ring (bicyclic) bond motifs is 1. The Balaban J connectivity index is 1.19. The van der Waals surface area contributed by atoms with Crippen molar-refractivity contribution in [3.63, 3.8) is 0 Å². The van der Waals surface area contributed by atoms with Gasteiger partial charge in [-0.05, 0) is 94.5 Å². The van der Waals surface area contributed by atoms with E-state index in [1.807, 2.05) is 6.08 Å². The molecule has 0 aromatic rings. The molecule has 0 radical (unpaired) electrons. The largest absolute Gasteiger partial charge is 0.509 e. The Morgan fingerprint density at radius 1 is 0.891 bits per heavy atom. The smallest absolute Gasteiger partial charge is 0.459 e. The third-order valence-electron chi connectivity index (χ3n) is 14.8. The summed E-state index contributed by atoms with van der Waals surface area (Å²) in [7, 11) is 0. The molecule has 0 aromatic heterocycles. The minimum Gasteiger partial charge on any atom is -0.459 e. The van der Waals surface area contributed by atoms with Gasteiger partial charge in [0.1, 0.15) is 12.2 Å². The van der Waals surface area contributed by atoms with Crippen molar-refractivity contribution in [2.45, 2.75) is 155 Å². The standard InChI is InChI=1S/C52H74O12/c1-9-10-11-12-13-14-15-16-17-18-19-20-21-22-23-24-25-26-27-28-29-60-48(57)64-45-39(53)30-36(6)38-31-40-50-33-61-52(59,47(50)49(38,45)8)44(55)37(7)42(50)43(46(56)62-40)63-41(54)32-51(58,34(2)3)35(4)5/h10-11,13-14,16-17,19-20,22-23,25-26,30,34-35,37-38,40,42-45,47,55,58-59H,9,12,15,18,21,24,27-29,31-33H2,1-8H3/b11-10-,14-13-,17-16-,20-19-,23-22-,26-25-/t37-,38+,40-,42?,43?,44-,45-,47?,49-,50+,52-/m1/s1. The fourth-order valence-corrected chi connectivity index (χ4v) is 11.5. The Labute approximate surface area is 380 Å². The summed E-state index contributed by atoms with van der Waals surface area (Å²) < 4.78 is 29.7. The van der Waals surface area contributed by atoms with E-state index >= 15 is 0 Å². The molecule has 354 valence electrons. The van der Waals surface area contributed by atoms with Crippen LogP contribution in [0.2, 0.25) is 0 Å². The minimum absolute atomic E-state index is 0.0489. The maximum absolute atomic E-state index is 14.0. The third-order valence-corrected chi connectivity index (χ3v) is 14.8. The quantitative estimate of drug-likeness (QED) is 0.0433. The average Bonchev–Trinajstić information content (AvgIpc) is 3.53. The first-order chi connectivity index (χ1) is 30.4. The van der Waals surface area contributed by atoms with E-state index in [0.717, 1.165) is 38.5 Å². The number of ketones is 1. The van der Waals surface area contributed by atoms with Crippen LogP contribution in [-0.2, 0) is 38.1 Å². The van der Waals surface area contributed by atoms with Crippen molar-refractivity contribution in [3.05, 3.63) is 84.6 Å². The summed E-state index contributed by atoms with van der Waals surface area (Å²) in [5.74, 6) is -8.39. The molecule has 3 unspecified atom stereocenters. The van der Waals surface area contributed by atoms with Gasteiger partial charge in [-0.2, -0.15) is 0 Å². The molecule has 2 bridgehead atoms. The van der Waals surface area contributed by atoms with Gasteiger partial charge in [-0.15, -0.1) is 0 Å². The van der Waals surface area contributed by atoms with E-state index in [4.69, 9.17) is 23.7 Å². The normalized spacial score (nSPS) is 33.9. The highest BCUT2D eigenvalue weighted by molar-refractivity contribution is 5.97. The van der Waals surface area contributed by atoms with Crippen LogP contribution in [-0.4, -0.2) is 88.2 Å². The average molecular weight is 891 g/mol. The van der Waals surface area contributed by atoms with Crippen LogP contribution in [0.4, 0.5) is 4.79 Å². The molecule has 2 saturated carbocycles. The van der Waals surface area contributed by atoms with Crippen LogP contribution >= 0.6 is 0 Å². The van der Waals surface area contributed by atoms with E-state index in [1.54, 1.807) is 48.5 Å². The second-order valence-corrected chi connectivity index (χ2v) is 19.3. The number of carbonyl (C=O) groups is 4. The predicted molar refractivity (Wildman–Crippen MR) is 243 cm³/mol. The lowest BCUT2D eigenvalue weighted by Gasteiger charge is -2.68. The first kappa shape index (κ1) is 50.9. The summed E-state index contributed by atoms with van der Waals surface area (Å²) in [4.78, 5) is 54.9. The first-order valence-electron chi connectivity index (χ1n) is 23.5. The van der Waals surface area contributed by atoms with Gasteiger partial charge >= 0.3 is 18.1 Å². The van der Waals surface area contributed by atoms with E-state index in [1.165, 1.54) is 6.08 Å². The number of esters is 2. The summed E-state index contributed by atoms with van der Waals surface area (Å²) in [5, 5.41) is 35.8. The summed E-state index contributed by atoms with van der Waals surface area (Å²) in [6.07, 6.45) is 27.2. The Morgan fingerprint density at radius 3 is 1.98 bits per heavy atom. The Hall–Kier alpha value is -4.10. The number of allylic oxidation sites excluding steroid dienone is 13. The van der Waals surface area contributed by atoms with E-state index in [-0.39, 0.29) is 37.9 Å². The van der Waals surface area contributed by atoms with Gasteiger partial charge in [0.15, 0.2) is 17.7 Å². The highest BCUT2D eigenvalue weighted by atomic mass is 16.7. The number of ether oxygens (including phenoxy) is 5. The Kier molecular flexibility index (Phi) is 17.4. The van der Waals surface area contributed by atoms with Crippen LogP contribution in [0.1, 0.15) is 120 Å². The van der Waals surface area contributed by atoms with E-state index < -0.39 is 94.2 Å². The summed E-state index contributed by atoms with van der Waals surface area (Å²) in [6, 6.07) is 0. The maximum Gasteiger partial charge on any atom is 0.509 e. The summed E-state index contributed by atoms with van der Waals surface area (Å²) in [6.45, 7) is 14.4. The molecule has 11 atom stereocenters. The molecule has 4 fully saturated rings. The fourth-order valence-electron chi connectivity index (χ4n) is 11.5. The lowest BCUT2D eigenvalue weighted by molar-refractivity contribution is -0.340. The number of aliphatic hydroxyl groups is 3. The molecule has 64 heavy (non-hydrogen) atoms. The van der Waals surface area contributed by atoms with Crippen molar-refractivity contribution in [2.24, 2.45) is 46.3 Å². The van der Waals surface area contributed by atoms with Crippen LogP contribution in [0.3, 0.4) is 0 Å². The lowest BCUT2D eigenvalue weighted by atomic mass is 9.38. The van der Waals surface area contributed by atoms with Crippen LogP contribution in [0.15, 0.2) is 84.6 Å². The van der Waals surface area contributed by atoms with E-state index in [2.05, 4.69) is 73.8 Å². The van der Waals surface area contributed by atoms with E-state index in [0.29, 0.717) is 18.4 Å². The third kappa shape index (κ3) is 10.3. The lowest BCUT2D eigenvalue weighted by Crippen LogP contribution is -2.78. The molecule has 2 heterocycles. The topological polar surface area (TPSA) is 175 Å². The number of hydrogen-bond acceptors (Lipinski definition) is 12. The highest BCUT2D eigenvalue weighted by Crippen LogP contribution is 2.74. The number of unbranched alkanes of at least 4 members (excludes halogenated alkanes) is 1.